The van der Waals surface area contributed by atoms with E-state index in [4.69, 9.17) is 0 Å². The molecule has 1 aromatic carbocycles. The third-order valence-electron chi connectivity index (χ3n) is 8.43. The molecule has 4 rings (SSSR count). The molecule has 3 aliphatic rings. The van der Waals surface area contributed by atoms with Gasteiger partial charge >= 0.3 is 0 Å². The summed E-state index contributed by atoms with van der Waals surface area (Å²) in [6.07, 6.45) is 15.0. The molecule has 0 spiro atoms. The maximum absolute atomic E-state index is 15.4. The first kappa shape index (κ1) is 20.4. The zero-order valence-electron chi connectivity index (χ0n) is 17.9. The van der Waals surface area contributed by atoms with E-state index in [1.165, 1.54) is 44.9 Å². The summed E-state index contributed by atoms with van der Waals surface area (Å²) < 4.78 is 30.5. The fraction of sp³-hybridized carbons (Fsp3) is 0.769. The van der Waals surface area contributed by atoms with Crippen LogP contribution in [0.5, 0.6) is 0 Å². The molecule has 0 amide bonds. The van der Waals surface area contributed by atoms with E-state index < -0.39 is 0 Å². The number of halogens is 2. The Morgan fingerprint density at radius 3 is 2.50 bits per heavy atom. The van der Waals surface area contributed by atoms with Gasteiger partial charge in [0.1, 0.15) is 11.6 Å². The predicted octanol–water partition coefficient (Wildman–Crippen LogP) is 7.97. The van der Waals surface area contributed by atoms with E-state index in [0.29, 0.717) is 17.4 Å². The molecular formula is C26H38F2. The molecule has 1 aromatic rings. The molecule has 2 fully saturated rings. The second-order valence-corrected chi connectivity index (χ2v) is 10.1. The lowest BCUT2D eigenvalue weighted by atomic mass is 9.63. The summed E-state index contributed by atoms with van der Waals surface area (Å²) in [6.45, 7) is 4.47. The summed E-state index contributed by atoms with van der Waals surface area (Å²) in [6, 6.07) is 1.70. The Morgan fingerprint density at radius 1 is 0.929 bits per heavy atom. The van der Waals surface area contributed by atoms with E-state index in [0.717, 1.165) is 61.5 Å². The van der Waals surface area contributed by atoms with Gasteiger partial charge in [0.15, 0.2) is 0 Å². The van der Waals surface area contributed by atoms with Crippen molar-refractivity contribution in [1.29, 1.82) is 0 Å². The predicted molar refractivity (Wildman–Crippen MR) is 113 cm³/mol. The molecule has 0 heterocycles. The zero-order valence-corrected chi connectivity index (χ0v) is 17.9. The van der Waals surface area contributed by atoms with Crippen LogP contribution in [0.3, 0.4) is 0 Å². The average Bonchev–Trinajstić information content (AvgIpc) is 2.71. The molecule has 2 heteroatoms. The minimum Gasteiger partial charge on any atom is -0.207 e. The van der Waals surface area contributed by atoms with Crippen molar-refractivity contribution < 1.29 is 8.78 Å². The first-order chi connectivity index (χ1) is 13.6. The van der Waals surface area contributed by atoms with Gasteiger partial charge < -0.3 is 0 Å². The highest BCUT2D eigenvalue weighted by atomic mass is 19.1. The van der Waals surface area contributed by atoms with Gasteiger partial charge in [-0.2, -0.15) is 0 Å². The minimum atomic E-state index is -0.256. The van der Waals surface area contributed by atoms with Crippen LogP contribution < -0.4 is 0 Å². The van der Waals surface area contributed by atoms with Crippen LogP contribution in [0.15, 0.2) is 6.07 Å². The Balaban J connectivity index is 1.48. The molecule has 0 radical (unpaired) electrons. The van der Waals surface area contributed by atoms with Gasteiger partial charge in [-0.25, -0.2) is 8.78 Å². The molecular weight excluding hydrogens is 350 g/mol. The standard InChI is InChI=1S/C26H38F2/c1-3-5-6-18-7-9-20-15-21(11-10-19(20)14-18)25-24(27)16-22-13-17(4-2)8-12-23(22)26(25)28/h16-21H,3-15H2,1-2H3. The van der Waals surface area contributed by atoms with Gasteiger partial charge in [0.2, 0.25) is 0 Å². The van der Waals surface area contributed by atoms with Gasteiger partial charge in [0, 0.05) is 5.56 Å². The molecule has 3 aliphatic carbocycles. The fourth-order valence-corrected chi connectivity index (χ4v) is 6.67. The van der Waals surface area contributed by atoms with Crippen molar-refractivity contribution in [3.05, 3.63) is 34.4 Å². The molecule has 0 nitrogen and oxygen atoms in total. The maximum Gasteiger partial charge on any atom is 0.133 e. The van der Waals surface area contributed by atoms with Gasteiger partial charge in [-0.1, -0.05) is 46.0 Å². The van der Waals surface area contributed by atoms with Crippen LogP contribution in [0.25, 0.3) is 0 Å². The van der Waals surface area contributed by atoms with Crippen molar-refractivity contribution in [2.75, 3.05) is 0 Å². The second-order valence-electron chi connectivity index (χ2n) is 10.1. The Kier molecular flexibility index (Phi) is 6.43. The third kappa shape index (κ3) is 4.03. The van der Waals surface area contributed by atoms with E-state index in [2.05, 4.69) is 13.8 Å². The zero-order chi connectivity index (χ0) is 19.7. The van der Waals surface area contributed by atoms with Crippen molar-refractivity contribution >= 4 is 0 Å². The Morgan fingerprint density at radius 2 is 1.71 bits per heavy atom. The Bertz CT molecular complexity index is 680. The summed E-state index contributed by atoms with van der Waals surface area (Å²) in [5, 5.41) is 0. The minimum absolute atomic E-state index is 0.0997. The van der Waals surface area contributed by atoms with Gasteiger partial charge in [-0.3, -0.25) is 0 Å². The van der Waals surface area contributed by atoms with Gasteiger partial charge in [0.25, 0.3) is 0 Å². The number of benzene rings is 1. The van der Waals surface area contributed by atoms with Gasteiger partial charge in [0.05, 0.1) is 0 Å². The molecule has 0 aromatic heterocycles. The fourth-order valence-electron chi connectivity index (χ4n) is 6.67. The van der Waals surface area contributed by atoms with Crippen molar-refractivity contribution in [3.8, 4) is 0 Å². The lowest BCUT2D eigenvalue weighted by molar-refractivity contribution is 0.111. The van der Waals surface area contributed by atoms with E-state index in [1.807, 2.05) is 0 Å². The highest BCUT2D eigenvalue weighted by molar-refractivity contribution is 5.39. The quantitative estimate of drug-likeness (QED) is 0.480. The lowest BCUT2D eigenvalue weighted by Gasteiger charge is -2.42. The molecule has 5 unspecified atom stereocenters. The van der Waals surface area contributed by atoms with Crippen molar-refractivity contribution in [3.63, 3.8) is 0 Å². The molecule has 0 N–H and O–H groups in total. The number of unbranched alkanes of at least 4 members (excludes halogenated alkanes) is 1. The number of rotatable bonds is 5. The lowest BCUT2D eigenvalue weighted by Crippen LogP contribution is -2.31. The average molecular weight is 389 g/mol. The monoisotopic (exact) mass is 388 g/mol. The van der Waals surface area contributed by atoms with E-state index in [9.17, 15) is 0 Å². The number of hydrogen-bond donors (Lipinski definition) is 0. The largest absolute Gasteiger partial charge is 0.207 e. The SMILES string of the molecule is CCCCC1CCC2CC(c3c(F)cc4c(c3F)CCC(CC)C4)CCC2C1. The number of hydrogen-bond acceptors (Lipinski definition) is 0. The molecule has 0 aliphatic heterocycles. The highest BCUT2D eigenvalue weighted by Crippen LogP contribution is 2.49. The summed E-state index contributed by atoms with van der Waals surface area (Å²) >= 11 is 0. The second kappa shape index (κ2) is 8.84. The summed E-state index contributed by atoms with van der Waals surface area (Å²) in [5.74, 6) is 2.66. The Hall–Kier alpha value is -0.920. The van der Waals surface area contributed by atoms with Crippen LogP contribution in [0, 0.1) is 35.3 Å². The molecule has 0 bridgehead atoms. The molecule has 28 heavy (non-hydrogen) atoms. The van der Waals surface area contributed by atoms with Crippen molar-refractivity contribution in [1.82, 2.24) is 0 Å². The summed E-state index contributed by atoms with van der Waals surface area (Å²) in [5.41, 5.74) is 2.23. The van der Waals surface area contributed by atoms with Crippen LogP contribution in [0.4, 0.5) is 8.78 Å². The van der Waals surface area contributed by atoms with Crippen molar-refractivity contribution in [2.45, 2.75) is 103 Å². The Labute approximate surface area is 170 Å². The van der Waals surface area contributed by atoms with Gasteiger partial charge in [-0.05, 0) is 98.1 Å². The van der Waals surface area contributed by atoms with Crippen LogP contribution in [0.2, 0.25) is 0 Å². The van der Waals surface area contributed by atoms with E-state index >= 15 is 8.78 Å². The van der Waals surface area contributed by atoms with Crippen LogP contribution in [-0.4, -0.2) is 0 Å². The smallest absolute Gasteiger partial charge is 0.133 e. The summed E-state index contributed by atoms with van der Waals surface area (Å²) in [4.78, 5) is 0. The molecule has 156 valence electrons. The number of fused-ring (bicyclic) bond motifs is 2. The molecule has 2 saturated carbocycles. The van der Waals surface area contributed by atoms with Crippen molar-refractivity contribution in [2.24, 2.45) is 23.7 Å². The molecule has 0 saturated heterocycles. The first-order valence-corrected chi connectivity index (χ1v) is 12.1. The first-order valence-electron chi connectivity index (χ1n) is 12.1. The topological polar surface area (TPSA) is 0 Å². The van der Waals surface area contributed by atoms with Gasteiger partial charge in [-0.15, -0.1) is 0 Å². The normalized spacial score (nSPS) is 32.6. The van der Waals surface area contributed by atoms with E-state index in [-0.39, 0.29) is 17.6 Å². The third-order valence-corrected chi connectivity index (χ3v) is 8.43. The highest BCUT2D eigenvalue weighted by Gasteiger charge is 2.38. The molecule has 5 atom stereocenters. The maximum atomic E-state index is 15.4. The van der Waals surface area contributed by atoms with Crippen LogP contribution in [-0.2, 0) is 12.8 Å². The van der Waals surface area contributed by atoms with Crippen LogP contribution in [0.1, 0.15) is 107 Å². The summed E-state index contributed by atoms with van der Waals surface area (Å²) in [7, 11) is 0. The van der Waals surface area contributed by atoms with E-state index in [1.54, 1.807) is 6.07 Å². The van der Waals surface area contributed by atoms with Crippen LogP contribution >= 0.6 is 0 Å².